The lowest BCUT2D eigenvalue weighted by Crippen LogP contribution is -2.29. The van der Waals surface area contributed by atoms with E-state index < -0.39 is 0 Å². The van der Waals surface area contributed by atoms with Gasteiger partial charge >= 0.3 is 0 Å². The Morgan fingerprint density at radius 2 is 2.05 bits per heavy atom. The molecule has 1 aromatic heterocycles. The van der Waals surface area contributed by atoms with E-state index >= 15 is 0 Å². The van der Waals surface area contributed by atoms with Crippen LogP contribution in [0.25, 0.3) is 10.1 Å². The van der Waals surface area contributed by atoms with Gasteiger partial charge in [0.15, 0.2) is 0 Å². The van der Waals surface area contributed by atoms with Gasteiger partial charge in [-0.15, -0.1) is 11.3 Å². The van der Waals surface area contributed by atoms with Crippen molar-refractivity contribution in [2.75, 3.05) is 0 Å². The zero-order valence-electron chi connectivity index (χ0n) is 10.4. The molecule has 3 rings (SSSR count). The molecule has 0 radical (unpaired) electrons. The fourth-order valence-electron chi connectivity index (χ4n) is 2.30. The van der Waals surface area contributed by atoms with Crippen LogP contribution in [0.2, 0.25) is 0 Å². The normalized spacial score (nSPS) is 12.8. The second-order valence-electron chi connectivity index (χ2n) is 4.46. The van der Waals surface area contributed by atoms with E-state index in [2.05, 4.69) is 33.5 Å². The first kappa shape index (κ1) is 13.7. The second-order valence-corrected chi connectivity index (χ2v) is 6.23. The zero-order chi connectivity index (χ0) is 14.1. The average molecular weight is 351 g/mol. The standard InChI is InChI=1S/C15H12BrFN2S/c16-12-5-4-10(8-13(12)17)14(19-18)11-3-1-2-9-6-7-20-15(9)11/h1-8,14,19H,18H2. The predicted molar refractivity (Wildman–Crippen MR) is 85.1 cm³/mol. The Morgan fingerprint density at radius 1 is 1.20 bits per heavy atom. The second kappa shape index (κ2) is 5.61. The van der Waals surface area contributed by atoms with Crippen molar-refractivity contribution < 1.29 is 4.39 Å². The van der Waals surface area contributed by atoms with Crippen molar-refractivity contribution in [2.45, 2.75) is 6.04 Å². The van der Waals surface area contributed by atoms with Gasteiger partial charge in [0.05, 0.1) is 10.5 Å². The largest absolute Gasteiger partial charge is 0.271 e. The van der Waals surface area contributed by atoms with Gasteiger partial charge in [-0.05, 0) is 56.0 Å². The number of nitrogens with one attached hydrogen (secondary N) is 1. The number of hydrogen-bond acceptors (Lipinski definition) is 3. The van der Waals surface area contributed by atoms with E-state index in [9.17, 15) is 4.39 Å². The molecule has 20 heavy (non-hydrogen) atoms. The minimum Gasteiger partial charge on any atom is -0.271 e. The Morgan fingerprint density at radius 3 is 2.80 bits per heavy atom. The van der Waals surface area contributed by atoms with E-state index in [1.165, 1.54) is 16.2 Å². The lowest BCUT2D eigenvalue weighted by atomic mass is 9.98. The number of nitrogens with two attached hydrogens (primary N) is 1. The molecule has 5 heteroatoms. The van der Waals surface area contributed by atoms with Crippen LogP contribution in [0.5, 0.6) is 0 Å². The van der Waals surface area contributed by atoms with Crippen molar-refractivity contribution in [3.05, 3.63) is 69.3 Å². The van der Waals surface area contributed by atoms with Crippen molar-refractivity contribution in [2.24, 2.45) is 5.84 Å². The van der Waals surface area contributed by atoms with Gasteiger partial charge in [0.1, 0.15) is 5.82 Å². The minimum atomic E-state index is -0.291. The highest BCUT2D eigenvalue weighted by Crippen LogP contribution is 2.32. The Labute approximate surface area is 128 Å². The lowest BCUT2D eigenvalue weighted by Gasteiger charge is -2.18. The molecule has 3 N–H and O–H groups in total. The smallest absolute Gasteiger partial charge is 0.137 e. The number of rotatable bonds is 3. The predicted octanol–water partition coefficient (Wildman–Crippen LogP) is 4.36. The summed E-state index contributed by atoms with van der Waals surface area (Å²) in [6.07, 6.45) is 0. The molecule has 0 spiro atoms. The molecular formula is C15H12BrFN2S. The van der Waals surface area contributed by atoms with Gasteiger partial charge in [0.25, 0.3) is 0 Å². The molecule has 1 atom stereocenters. The lowest BCUT2D eigenvalue weighted by molar-refractivity contribution is 0.602. The summed E-state index contributed by atoms with van der Waals surface area (Å²) in [7, 11) is 0. The summed E-state index contributed by atoms with van der Waals surface area (Å²) in [5.74, 6) is 5.41. The Balaban J connectivity index is 2.13. The molecule has 0 aliphatic rings. The van der Waals surface area contributed by atoms with Gasteiger partial charge in [0, 0.05) is 4.70 Å². The Kier molecular flexibility index (Phi) is 3.85. The van der Waals surface area contributed by atoms with Crippen LogP contribution in [0.15, 0.2) is 52.3 Å². The monoisotopic (exact) mass is 350 g/mol. The van der Waals surface area contributed by atoms with Crippen LogP contribution in [-0.4, -0.2) is 0 Å². The first-order valence-corrected chi connectivity index (χ1v) is 7.75. The van der Waals surface area contributed by atoms with Crippen molar-refractivity contribution in [1.82, 2.24) is 5.43 Å². The topological polar surface area (TPSA) is 38.0 Å². The van der Waals surface area contributed by atoms with Crippen LogP contribution >= 0.6 is 27.3 Å². The molecule has 0 aliphatic heterocycles. The Hall–Kier alpha value is -1.27. The van der Waals surface area contributed by atoms with Crippen molar-refractivity contribution in [3.63, 3.8) is 0 Å². The average Bonchev–Trinajstić information content (AvgIpc) is 2.93. The molecule has 2 aromatic carbocycles. The van der Waals surface area contributed by atoms with E-state index in [-0.39, 0.29) is 11.9 Å². The number of fused-ring (bicyclic) bond motifs is 1. The summed E-state index contributed by atoms with van der Waals surface area (Å²) in [6.45, 7) is 0. The minimum absolute atomic E-state index is 0.236. The number of halogens is 2. The SMILES string of the molecule is NNC(c1ccc(Br)c(F)c1)c1cccc2ccsc12. The molecule has 0 fully saturated rings. The van der Waals surface area contributed by atoms with Crippen LogP contribution < -0.4 is 11.3 Å². The van der Waals surface area contributed by atoms with Gasteiger partial charge in [-0.3, -0.25) is 5.84 Å². The molecule has 0 bridgehead atoms. The highest BCUT2D eigenvalue weighted by atomic mass is 79.9. The fraction of sp³-hybridized carbons (Fsp3) is 0.0667. The summed E-state index contributed by atoms with van der Waals surface area (Å²) in [4.78, 5) is 0. The van der Waals surface area contributed by atoms with Crippen LogP contribution in [0.4, 0.5) is 4.39 Å². The summed E-state index contributed by atoms with van der Waals surface area (Å²) in [5, 5.41) is 3.22. The van der Waals surface area contributed by atoms with E-state index in [4.69, 9.17) is 5.84 Å². The summed E-state index contributed by atoms with van der Waals surface area (Å²) < 4.78 is 15.3. The van der Waals surface area contributed by atoms with Crippen molar-refractivity contribution >= 4 is 37.4 Å². The number of hydrogen-bond donors (Lipinski definition) is 2. The molecular weight excluding hydrogens is 339 g/mol. The highest BCUT2D eigenvalue weighted by Gasteiger charge is 2.17. The third-order valence-electron chi connectivity index (χ3n) is 3.26. The summed E-state index contributed by atoms with van der Waals surface area (Å²) >= 11 is 4.83. The quantitative estimate of drug-likeness (QED) is 0.544. The maximum absolute atomic E-state index is 13.7. The van der Waals surface area contributed by atoms with E-state index in [0.717, 1.165) is 11.1 Å². The van der Waals surface area contributed by atoms with E-state index in [1.807, 2.05) is 23.6 Å². The van der Waals surface area contributed by atoms with Gasteiger partial charge in [-0.1, -0.05) is 24.3 Å². The molecule has 1 heterocycles. The van der Waals surface area contributed by atoms with E-state index in [0.29, 0.717) is 4.47 Å². The van der Waals surface area contributed by atoms with Crippen molar-refractivity contribution in [1.29, 1.82) is 0 Å². The van der Waals surface area contributed by atoms with Gasteiger partial charge in [0.2, 0.25) is 0 Å². The molecule has 0 amide bonds. The summed E-state index contributed by atoms with van der Waals surface area (Å²) in [6, 6.07) is 13.0. The van der Waals surface area contributed by atoms with Crippen molar-refractivity contribution in [3.8, 4) is 0 Å². The zero-order valence-corrected chi connectivity index (χ0v) is 12.8. The van der Waals surface area contributed by atoms with Crippen LogP contribution in [0, 0.1) is 5.82 Å². The molecule has 0 aliphatic carbocycles. The molecule has 0 saturated carbocycles. The molecule has 102 valence electrons. The van der Waals surface area contributed by atoms with Gasteiger partial charge in [-0.2, -0.15) is 0 Å². The first-order valence-electron chi connectivity index (χ1n) is 6.08. The maximum atomic E-state index is 13.7. The highest BCUT2D eigenvalue weighted by molar-refractivity contribution is 9.10. The van der Waals surface area contributed by atoms with Crippen LogP contribution in [-0.2, 0) is 0 Å². The molecule has 0 saturated heterocycles. The molecule has 3 aromatic rings. The third-order valence-corrected chi connectivity index (χ3v) is 4.89. The molecule has 1 unspecified atom stereocenters. The Bertz CT molecular complexity index is 756. The van der Waals surface area contributed by atoms with Crippen LogP contribution in [0.3, 0.4) is 0 Å². The fourth-order valence-corrected chi connectivity index (χ4v) is 3.49. The molecule has 2 nitrogen and oxygen atoms in total. The third kappa shape index (κ3) is 2.38. The van der Waals surface area contributed by atoms with E-state index in [1.54, 1.807) is 17.4 Å². The summed E-state index contributed by atoms with van der Waals surface area (Å²) in [5.41, 5.74) is 4.65. The van der Waals surface area contributed by atoms with Crippen LogP contribution in [0.1, 0.15) is 17.2 Å². The number of hydrazine groups is 1. The first-order chi connectivity index (χ1) is 9.70. The van der Waals surface area contributed by atoms with Gasteiger partial charge < -0.3 is 0 Å². The maximum Gasteiger partial charge on any atom is 0.137 e. The number of thiophene rings is 1. The number of benzene rings is 2. The van der Waals surface area contributed by atoms with Gasteiger partial charge in [-0.25, -0.2) is 9.82 Å².